The van der Waals surface area contributed by atoms with Crippen LogP contribution >= 0.6 is 0 Å². The van der Waals surface area contributed by atoms with E-state index in [1.807, 2.05) is 91.0 Å². The fourth-order valence-corrected chi connectivity index (χ4v) is 4.34. The molecule has 3 N–H and O–H groups in total. The van der Waals surface area contributed by atoms with E-state index in [1.165, 1.54) is 4.90 Å². The van der Waals surface area contributed by atoms with Crippen molar-refractivity contribution >= 4 is 23.5 Å². The van der Waals surface area contributed by atoms with Gasteiger partial charge in [0.05, 0.1) is 0 Å². The number of carbonyl (C=O) groups excluding carboxylic acids is 4. The van der Waals surface area contributed by atoms with Crippen molar-refractivity contribution in [1.29, 1.82) is 0 Å². The molecule has 0 aromatic heterocycles. The first-order valence-corrected chi connectivity index (χ1v) is 12.3. The molecule has 2 unspecified atom stereocenters. The van der Waals surface area contributed by atoms with Crippen LogP contribution in [-0.2, 0) is 38.7 Å². The van der Waals surface area contributed by atoms with Gasteiger partial charge in [-0.05, 0) is 23.1 Å². The van der Waals surface area contributed by atoms with Gasteiger partial charge >= 0.3 is 5.91 Å². The molecule has 8 nitrogen and oxygen atoms in total. The highest BCUT2D eigenvalue weighted by Gasteiger charge is 2.38. The Morgan fingerprint density at radius 1 is 0.838 bits per heavy atom. The highest BCUT2D eigenvalue weighted by Crippen LogP contribution is 2.19. The molecule has 3 amide bonds. The fourth-order valence-electron chi connectivity index (χ4n) is 4.34. The van der Waals surface area contributed by atoms with E-state index in [-0.39, 0.29) is 31.2 Å². The molecule has 8 heteroatoms. The molecular weight excluding hydrogens is 468 g/mol. The normalized spacial score (nSPS) is 15.5. The number of ketones is 1. The molecule has 1 aliphatic heterocycles. The van der Waals surface area contributed by atoms with E-state index in [2.05, 4.69) is 16.2 Å². The third-order valence-corrected chi connectivity index (χ3v) is 6.28. The summed E-state index contributed by atoms with van der Waals surface area (Å²) in [6.07, 6.45) is 0.752. The molecule has 0 radical (unpaired) electrons. The first-order chi connectivity index (χ1) is 18.0. The summed E-state index contributed by atoms with van der Waals surface area (Å²) in [5.74, 6) is -2.16. The number of carbonyl (C=O) groups is 4. The van der Waals surface area contributed by atoms with Crippen molar-refractivity contribution in [1.82, 2.24) is 21.1 Å². The Balaban J connectivity index is 1.58. The number of hydrogen-bond donors (Lipinski definition) is 3. The Hall–Kier alpha value is -4.30. The first kappa shape index (κ1) is 25.8. The van der Waals surface area contributed by atoms with Gasteiger partial charge in [-0.25, -0.2) is 5.43 Å². The molecule has 190 valence electrons. The predicted octanol–water partition coefficient (Wildman–Crippen LogP) is 2.30. The number of rotatable bonds is 11. The minimum Gasteiger partial charge on any atom is -0.344 e. The van der Waals surface area contributed by atoms with Crippen LogP contribution in [0.3, 0.4) is 0 Å². The van der Waals surface area contributed by atoms with Crippen molar-refractivity contribution in [2.24, 2.45) is 0 Å². The maximum absolute atomic E-state index is 13.7. The molecule has 1 saturated heterocycles. The van der Waals surface area contributed by atoms with Crippen LogP contribution in [0.25, 0.3) is 0 Å². The second kappa shape index (κ2) is 12.6. The topological polar surface area (TPSA) is 108 Å². The van der Waals surface area contributed by atoms with E-state index in [0.29, 0.717) is 13.0 Å². The summed E-state index contributed by atoms with van der Waals surface area (Å²) in [5, 5.41) is 2.70. The van der Waals surface area contributed by atoms with Gasteiger partial charge in [0.1, 0.15) is 12.1 Å². The summed E-state index contributed by atoms with van der Waals surface area (Å²) >= 11 is 0. The number of benzene rings is 3. The van der Waals surface area contributed by atoms with Crippen LogP contribution < -0.4 is 16.2 Å². The van der Waals surface area contributed by atoms with Gasteiger partial charge in [-0.2, -0.15) is 0 Å². The van der Waals surface area contributed by atoms with Gasteiger partial charge in [-0.1, -0.05) is 91.0 Å². The molecule has 4 rings (SSSR count). The maximum atomic E-state index is 13.7. The maximum Gasteiger partial charge on any atom is 0.303 e. The zero-order chi connectivity index (χ0) is 26.0. The van der Waals surface area contributed by atoms with Crippen LogP contribution in [0.15, 0.2) is 91.0 Å². The molecule has 3 aromatic carbocycles. The lowest BCUT2D eigenvalue weighted by Gasteiger charge is -2.32. The predicted molar refractivity (Wildman–Crippen MR) is 139 cm³/mol. The average Bonchev–Trinajstić information content (AvgIpc) is 3.38. The molecule has 0 saturated carbocycles. The minimum absolute atomic E-state index is 0.125. The Morgan fingerprint density at radius 3 is 1.97 bits per heavy atom. The fraction of sp³-hybridized carbons (Fsp3) is 0.241. The minimum atomic E-state index is -1.06. The van der Waals surface area contributed by atoms with Crippen LogP contribution in [0.5, 0.6) is 0 Å². The molecule has 0 bridgehead atoms. The van der Waals surface area contributed by atoms with Crippen molar-refractivity contribution < 1.29 is 19.2 Å². The van der Waals surface area contributed by atoms with Gasteiger partial charge in [-0.3, -0.25) is 24.6 Å². The Morgan fingerprint density at radius 2 is 1.41 bits per heavy atom. The summed E-state index contributed by atoms with van der Waals surface area (Å²) in [6.45, 7) is 0.462. The van der Waals surface area contributed by atoms with Crippen molar-refractivity contribution in [2.75, 3.05) is 0 Å². The highest BCUT2D eigenvalue weighted by molar-refractivity contribution is 6.38. The van der Waals surface area contributed by atoms with Crippen molar-refractivity contribution in [3.63, 3.8) is 0 Å². The summed E-state index contributed by atoms with van der Waals surface area (Å²) in [6, 6.07) is 26.2. The smallest absolute Gasteiger partial charge is 0.303 e. The Labute approximate surface area is 216 Å². The van der Waals surface area contributed by atoms with Gasteiger partial charge in [0.15, 0.2) is 0 Å². The second-order valence-electron chi connectivity index (χ2n) is 8.97. The SMILES string of the molecule is O=C1CCC(C(=O)N(Cc2ccccc2)C(Cc2ccccc2)C(=O)C(=O)NNCc2ccccc2)N1. The number of hydrogen-bond acceptors (Lipinski definition) is 5. The van der Waals surface area contributed by atoms with Gasteiger partial charge in [0.25, 0.3) is 0 Å². The van der Waals surface area contributed by atoms with Gasteiger partial charge < -0.3 is 10.2 Å². The van der Waals surface area contributed by atoms with Crippen molar-refractivity contribution in [2.45, 2.75) is 44.4 Å². The number of hydrazine groups is 1. The molecule has 0 aliphatic carbocycles. The van der Waals surface area contributed by atoms with Gasteiger partial charge in [0, 0.05) is 25.9 Å². The van der Waals surface area contributed by atoms with Crippen LogP contribution in [0.2, 0.25) is 0 Å². The number of nitrogens with one attached hydrogen (secondary N) is 3. The molecule has 1 heterocycles. The largest absolute Gasteiger partial charge is 0.344 e. The average molecular weight is 499 g/mol. The van der Waals surface area contributed by atoms with E-state index in [9.17, 15) is 19.2 Å². The molecule has 0 spiro atoms. The molecular formula is C29H30N4O4. The molecule has 37 heavy (non-hydrogen) atoms. The monoisotopic (exact) mass is 498 g/mol. The Kier molecular flexibility index (Phi) is 8.78. The highest BCUT2D eigenvalue weighted by atomic mass is 16.2. The summed E-state index contributed by atoms with van der Waals surface area (Å²) in [4.78, 5) is 53.5. The lowest BCUT2D eigenvalue weighted by molar-refractivity contribution is -0.147. The molecule has 2 atom stereocenters. The summed E-state index contributed by atoms with van der Waals surface area (Å²) in [7, 11) is 0. The summed E-state index contributed by atoms with van der Waals surface area (Å²) in [5.41, 5.74) is 7.85. The van der Waals surface area contributed by atoms with Crippen LogP contribution in [-0.4, -0.2) is 40.5 Å². The molecule has 1 aliphatic rings. The standard InChI is InChI=1S/C29H30N4O4/c34-26-17-16-24(31-26)29(37)33(20-23-14-8-3-9-15-23)25(18-21-10-4-1-5-11-21)27(35)28(36)32-30-19-22-12-6-2-7-13-22/h1-15,24-25,30H,16-20H2,(H,31,34)(H,32,36). The van der Waals surface area contributed by atoms with E-state index >= 15 is 0 Å². The second-order valence-corrected chi connectivity index (χ2v) is 8.97. The lowest BCUT2D eigenvalue weighted by Crippen LogP contribution is -2.56. The number of Topliss-reactive ketones (excluding diaryl/α,β-unsaturated/α-hetero) is 1. The van der Waals surface area contributed by atoms with Crippen LogP contribution in [0, 0.1) is 0 Å². The number of nitrogens with zero attached hydrogens (tertiary/aromatic N) is 1. The lowest BCUT2D eigenvalue weighted by atomic mass is 9.98. The van der Waals surface area contributed by atoms with Gasteiger partial charge in [-0.15, -0.1) is 0 Å². The van der Waals surface area contributed by atoms with E-state index in [0.717, 1.165) is 16.7 Å². The molecule has 3 aromatic rings. The Bertz CT molecular complexity index is 1220. The third-order valence-electron chi connectivity index (χ3n) is 6.28. The first-order valence-electron chi connectivity index (χ1n) is 12.3. The van der Waals surface area contributed by atoms with Gasteiger partial charge in [0.2, 0.25) is 17.6 Å². The quantitative estimate of drug-likeness (QED) is 0.278. The van der Waals surface area contributed by atoms with E-state index in [4.69, 9.17) is 0 Å². The van der Waals surface area contributed by atoms with E-state index in [1.54, 1.807) is 0 Å². The summed E-state index contributed by atoms with van der Waals surface area (Å²) < 4.78 is 0. The van der Waals surface area contributed by atoms with Crippen LogP contribution in [0.4, 0.5) is 0 Å². The zero-order valence-electron chi connectivity index (χ0n) is 20.4. The molecule has 1 fully saturated rings. The van der Waals surface area contributed by atoms with Crippen molar-refractivity contribution in [3.8, 4) is 0 Å². The van der Waals surface area contributed by atoms with Crippen LogP contribution in [0.1, 0.15) is 29.5 Å². The van der Waals surface area contributed by atoms with E-state index < -0.39 is 23.8 Å². The zero-order valence-corrected chi connectivity index (χ0v) is 20.4. The van der Waals surface area contributed by atoms with Crippen molar-refractivity contribution in [3.05, 3.63) is 108 Å². The number of amides is 3. The third kappa shape index (κ3) is 7.11.